The molecule has 0 saturated heterocycles. The quantitative estimate of drug-likeness (QED) is 0.309. The number of ether oxygens (including phenoxy) is 1. The van der Waals surface area contributed by atoms with Gasteiger partial charge in [0.05, 0.1) is 6.54 Å². The number of hydrogen-bond acceptors (Lipinski definition) is 4. The summed E-state index contributed by atoms with van der Waals surface area (Å²) in [7, 11) is 0. The van der Waals surface area contributed by atoms with Crippen molar-refractivity contribution in [1.29, 1.82) is 0 Å². The average Bonchev–Trinajstić information content (AvgIpc) is 2.17. The van der Waals surface area contributed by atoms with Crippen molar-refractivity contribution in [3.63, 3.8) is 0 Å². The molecule has 2 N–H and O–H groups in total. The van der Waals surface area contributed by atoms with Crippen LogP contribution < -0.4 is 5.73 Å². The van der Waals surface area contributed by atoms with Crippen LogP contribution in [0.5, 0.6) is 0 Å². The van der Waals surface area contributed by atoms with E-state index in [1.807, 2.05) is 0 Å². The molecule has 0 unspecified atom stereocenters. The third kappa shape index (κ3) is 12.7. The predicted octanol–water partition coefficient (Wildman–Crippen LogP) is 0.727. The van der Waals surface area contributed by atoms with Gasteiger partial charge in [-0.1, -0.05) is 32.6 Å². The molecule has 0 rings (SSSR count). The van der Waals surface area contributed by atoms with Crippen molar-refractivity contribution < 1.29 is 14.3 Å². The van der Waals surface area contributed by atoms with Crippen molar-refractivity contribution in [1.82, 2.24) is 0 Å². The maximum absolute atomic E-state index is 10.9. The first kappa shape index (κ1) is 18.1. The molecule has 0 aromatic rings. The average molecular weight is 241 g/mol. The van der Waals surface area contributed by atoms with E-state index < -0.39 is 11.9 Å². The van der Waals surface area contributed by atoms with Gasteiger partial charge in [0.15, 0.2) is 0 Å². The summed E-state index contributed by atoms with van der Waals surface area (Å²) in [5.74, 6) is -1.11. The van der Waals surface area contributed by atoms with E-state index >= 15 is 0 Å². The summed E-state index contributed by atoms with van der Waals surface area (Å²) < 4.78 is 4.40. The fourth-order valence-electron chi connectivity index (χ4n) is 1.09. The number of carbonyl (C=O) groups excluding carboxylic acids is 2. The van der Waals surface area contributed by atoms with Crippen LogP contribution in [-0.2, 0) is 14.3 Å². The zero-order valence-corrected chi connectivity index (χ0v) is 8.75. The van der Waals surface area contributed by atoms with Crippen LogP contribution in [0.2, 0.25) is 0 Å². The van der Waals surface area contributed by atoms with Gasteiger partial charge in [0.1, 0.15) is 0 Å². The Morgan fingerprint density at radius 1 is 1.07 bits per heavy atom. The van der Waals surface area contributed by atoms with Crippen LogP contribution in [0, 0.1) is 0 Å². The van der Waals surface area contributed by atoms with E-state index in [9.17, 15) is 9.59 Å². The number of unbranched alkanes of at least 4 members (excludes halogenated alkanes) is 4. The summed E-state index contributed by atoms with van der Waals surface area (Å²) in [6.45, 7) is 1.90. The Hall–Kier alpha value is 0.736. The van der Waals surface area contributed by atoms with Gasteiger partial charge in [-0.2, -0.15) is 0 Å². The first-order valence-corrected chi connectivity index (χ1v) is 5.14. The second-order valence-corrected chi connectivity index (χ2v) is 3.21. The first-order chi connectivity index (χ1) is 6.70. The summed E-state index contributed by atoms with van der Waals surface area (Å²) in [5, 5.41) is 0. The number of rotatable bonds is 7. The molecular formula is C10H20KNO3. The van der Waals surface area contributed by atoms with Crippen LogP contribution >= 0.6 is 0 Å². The van der Waals surface area contributed by atoms with Gasteiger partial charge in [0.25, 0.3) is 0 Å². The topological polar surface area (TPSA) is 69.4 Å². The van der Waals surface area contributed by atoms with Crippen molar-refractivity contribution >= 4 is 63.3 Å². The molecule has 15 heavy (non-hydrogen) atoms. The Kier molecular flexibility index (Phi) is 15.5. The van der Waals surface area contributed by atoms with Gasteiger partial charge in [-0.25, -0.2) is 0 Å². The van der Waals surface area contributed by atoms with E-state index in [-0.39, 0.29) is 57.9 Å². The van der Waals surface area contributed by atoms with Crippen molar-refractivity contribution in [2.45, 2.75) is 45.4 Å². The Balaban J connectivity index is 0. The molecule has 0 bridgehead atoms. The molecule has 0 radical (unpaired) electrons. The van der Waals surface area contributed by atoms with Gasteiger partial charge in [0.2, 0.25) is 0 Å². The summed E-state index contributed by atoms with van der Waals surface area (Å²) in [5.41, 5.74) is 4.99. The third-order valence-electron chi connectivity index (χ3n) is 1.88. The number of carbonyl (C=O) groups is 2. The summed E-state index contributed by atoms with van der Waals surface area (Å²) >= 11 is 0. The molecule has 5 heteroatoms. The van der Waals surface area contributed by atoms with E-state index in [0.29, 0.717) is 6.42 Å². The minimum absolute atomic E-state index is 0. The van der Waals surface area contributed by atoms with Gasteiger partial charge in [0, 0.05) is 6.42 Å². The molecule has 84 valence electrons. The van der Waals surface area contributed by atoms with Crippen molar-refractivity contribution in [2.75, 3.05) is 6.54 Å². The van der Waals surface area contributed by atoms with Crippen molar-refractivity contribution in [3.8, 4) is 0 Å². The SMILES string of the molecule is CCCCCCCC(=O)OC(=O)CN.[KH]. The van der Waals surface area contributed by atoms with E-state index in [1.54, 1.807) is 0 Å². The monoisotopic (exact) mass is 241 g/mol. The molecule has 0 saturated carbocycles. The number of hydrogen-bond donors (Lipinski definition) is 1. The Bertz CT molecular complexity index is 186. The molecule has 0 amide bonds. The molecule has 0 fully saturated rings. The van der Waals surface area contributed by atoms with E-state index in [4.69, 9.17) is 5.73 Å². The normalized spacial score (nSPS) is 9.20. The number of nitrogens with two attached hydrogens (primary N) is 1. The molecule has 0 aliphatic carbocycles. The van der Waals surface area contributed by atoms with E-state index in [0.717, 1.165) is 19.3 Å². The molecule has 0 aromatic carbocycles. The van der Waals surface area contributed by atoms with Crippen LogP contribution in [0.3, 0.4) is 0 Å². The summed E-state index contributed by atoms with van der Waals surface area (Å²) in [4.78, 5) is 21.5. The van der Waals surface area contributed by atoms with Crippen LogP contribution in [0.4, 0.5) is 0 Å². The van der Waals surface area contributed by atoms with E-state index in [1.165, 1.54) is 12.8 Å². The maximum atomic E-state index is 10.9. The second kappa shape index (κ2) is 12.8. The van der Waals surface area contributed by atoms with Gasteiger partial charge in [-0.05, 0) is 6.42 Å². The Morgan fingerprint density at radius 3 is 2.20 bits per heavy atom. The summed E-state index contributed by atoms with van der Waals surface area (Å²) in [6, 6.07) is 0. The van der Waals surface area contributed by atoms with Crippen LogP contribution in [0.25, 0.3) is 0 Å². The van der Waals surface area contributed by atoms with Gasteiger partial charge >= 0.3 is 63.3 Å². The van der Waals surface area contributed by atoms with Crippen LogP contribution in [0.1, 0.15) is 45.4 Å². The predicted molar refractivity (Wildman–Crippen MR) is 60.7 cm³/mol. The standard InChI is InChI=1S/C10H19NO3.K.H/c1-2-3-4-5-6-7-9(12)14-10(13)8-11;;/h2-8,11H2,1H3;;. The fraction of sp³-hybridized carbons (Fsp3) is 0.800. The second-order valence-electron chi connectivity index (χ2n) is 3.21. The van der Waals surface area contributed by atoms with Crippen molar-refractivity contribution in [2.24, 2.45) is 5.73 Å². The van der Waals surface area contributed by atoms with Crippen molar-refractivity contribution in [3.05, 3.63) is 0 Å². The van der Waals surface area contributed by atoms with E-state index in [2.05, 4.69) is 11.7 Å². The molecule has 0 heterocycles. The molecular weight excluding hydrogens is 221 g/mol. The molecule has 0 aliphatic rings. The molecule has 0 atom stereocenters. The molecule has 0 aliphatic heterocycles. The Morgan fingerprint density at radius 2 is 1.67 bits per heavy atom. The van der Waals surface area contributed by atoms with Gasteiger partial charge in [-0.15, -0.1) is 0 Å². The van der Waals surface area contributed by atoms with Gasteiger partial charge in [-0.3, -0.25) is 9.59 Å². The van der Waals surface area contributed by atoms with Crippen LogP contribution in [-0.4, -0.2) is 69.9 Å². The first-order valence-electron chi connectivity index (χ1n) is 5.14. The van der Waals surface area contributed by atoms with Gasteiger partial charge < -0.3 is 10.5 Å². The number of esters is 2. The summed E-state index contributed by atoms with van der Waals surface area (Å²) in [6.07, 6.45) is 5.62. The van der Waals surface area contributed by atoms with Crippen LogP contribution in [0.15, 0.2) is 0 Å². The zero-order valence-electron chi connectivity index (χ0n) is 8.75. The molecule has 0 aromatic heterocycles. The third-order valence-corrected chi connectivity index (χ3v) is 1.88. The molecule has 4 nitrogen and oxygen atoms in total. The fourth-order valence-corrected chi connectivity index (χ4v) is 1.09. The Labute approximate surface area is 134 Å². The molecule has 0 spiro atoms. The minimum atomic E-state index is -0.649. The zero-order chi connectivity index (χ0) is 10.8.